The molecule has 1 atom stereocenters. The van der Waals surface area contributed by atoms with Crippen LogP contribution in [0.25, 0.3) is 0 Å². The maximum atomic E-state index is 12.3. The lowest BCUT2D eigenvalue weighted by molar-refractivity contribution is -0.115. The molecule has 0 unspecified atom stereocenters. The molecule has 0 spiro atoms. The lowest BCUT2D eigenvalue weighted by atomic mass is 9.88. The van der Waals surface area contributed by atoms with Gasteiger partial charge in [0.1, 0.15) is 5.82 Å². The van der Waals surface area contributed by atoms with E-state index >= 15 is 0 Å². The van der Waals surface area contributed by atoms with Crippen molar-refractivity contribution in [2.24, 2.45) is 0 Å². The quantitative estimate of drug-likeness (QED) is 0.781. The van der Waals surface area contributed by atoms with E-state index in [1.165, 1.54) is 11.1 Å². The van der Waals surface area contributed by atoms with E-state index in [9.17, 15) is 4.79 Å². The lowest BCUT2D eigenvalue weighted by Crippen LogP contribution is -2.22. The van der Waals surface area contributed by atoms with Crippen molar-refractivity contribution in [3.05, 3.63) is 70.0 Å². The molecule has 1 aliphatic rings. The third-order valence-corrected chi connectivity index (χ3v) is 5.36. The van der Waals surface area contributed by atoms with E-state index < -0.39 is 0 Å². The molecular formula is C19H19N3OS. The molecule has 0 radical (unpaired) electrons. The third kappa shape index (κ3) is 2.99. The van der Waals surface area contributed by atoms with Gasteiger partial charge in [-0.1, -0.05) is 30.3 Å². The molecule has 2 heterocycles. The Bertz CT molecular complexity index is 838. The van der Waals surface area contributed by atoms with Crippen LogP contribution in [0.4, 0.5) is 5.82 Å². The van der Waals surface area contributed by atoms with E-state index in [2.05, 4.69) is 34.7 Å². The Labute approximate surface area is 145 Å². The lowest BCUT2D eigenvalue weighted by Gasteiger charge is -2.27. The maximum absolute atomic E-state index is 12.3. The van der Waals surface area contributed by atoms with Gasteiger partial charge in [-0.05, 0) is 41.8 Å². The SMILES string of the molecule is O=C(Cc1cccs1)Nc1ccnn1[C@H]1CCCc2ccccc21. The highest BCUT2D eigenvalue weighted by Gasteiger charge is 2.24. The number of aryl methyl sites for hydroxylation is 1. The van der Waals surface area contributed by atoms with Crippen molar-refractivity contribution in [2.75, 3.05) is 5.32 Å². The summed E-state index contributed by atoms with van der Waals surface area (Å²) in [7, 11) is 0. The number of nitrogens with one attached hydrogen (secondary N) is 1. The van der Waals surface area contributed by atoms with Crippen molar-refractivity contribution < 1.29 is 4.79 Å². The van der Waals surface area contributed by atoms with Crippen molar-refractivity contribution in [3.63, 3.8) is 0 Å². The van der Waals surface area contributed by atoms with Gasteiger partial charge in [0.05, 0.1) is 18.7 Å². The number of aromatic nitrogens is 2. The molecule has 0 fully saturated rings. The number of amides is 1. The zero-order valence-electron chi connectivity index (χ0n) is 13.3. The fourth-order valence-electron chi connectivity index (χ4n) is 3.40. The van der Waals surface area contributed by atoms with Gasteiger partial charge in [0, 0.05) is 10.9 Å². The number of thiophene rings is 1. The number of hydrogen-bond donors (Lipinski definition) is 1. The van der Waals surface area contributed by atoms with Crippen LogP contribution in [0.15, 0.2) is 54.0 Å². The zero-order chi connectivity index (χ0) is 16.4. The number of benzene rings is 1. The van der Waals surface area contributed by atoms with E-state index in [1.807, 2.05) is 28.3 Å². The van der Waals surface area contributed by atoms with Gasteiger partial charge in [0.25, 0.3) is 0 Å². The average Bonchev–Trinajstić information content (AvgIpc) is 3.26. The predicted octanol–water partition coefficient (Wildman–Crippen LogP) is 4.05. The molecule has 2 aromatic heterocycles. The van der Waals surface area contributed by atoms with Gasteiger partial charge in [-0.2, -0.15) is 5.10 Å². The second-order valence-corrected chi connectivity index (χ2v) is 7.10. The van der Waals surface area contributed by atoms with Crippen molar-refractivity contribution in [1.82, 2.24) is 9.78 Å². The Morgan fingerprint density at radius 3 is 3.04 bits per heavy atom. The fraction of sp³-hybridized carbons (Fsp3) is 0.263. The topological polar surface area (TPSA) is 46.9 Å². The maximum Gasteiger partial charge on any atom is 0.230 e. The highest BCUT2D eigenvalue weighted by atomic mass is 32.1. The molecule has 1 aromatic carbocycles. The van der Waals surface area contributed by atoms with Crippen LogP contribution in [-0.2, 0) is 17.6 Å². The first-order chi connectivity index (χ1) is 11.8. The fourth-order valence-corrected chi connectivity index (χ4v) is 4.11. The Morgan fingerprint density at radius 1 is 1.25 bits per heavy atom. The number of hydrogen-bond acceptors (Lipinski definition) is 3. The van der Waals surface area contributed by atoms with Crippen LogP contribution in [0.3, 0.4) is 0 Å². The van der Waals surface area contributed by atoms with Gasteiger partial charge in [-0.25, -0.2) is 4.68 Å². The molecule has 1 aliphatic carbocycles. The smallest absolute Gasteiger partial charge is 0.230 e. The summed E-state index contributed by atoms with van der Waals surface area (Å²) >= 11 is 1.60. The summed E-state index contributed by atoms with van der Waals surface area (Å²) in [5, 5.41) is 9.51. The highest BCUT2D eigenvalue weighted by Crippen LogP contribution is 2.34. The molecule has 122 valence electrons. The summed E-state index contributed by atoms with van der Waals surface area (Å²) in [5.41, 5.74) is 2.71. The van der Waals surface area contributed by atoms with Gasteiger partial charge in [-0.3, -0.25) is 4.79 Å². The number of carbonyl (C=O) groups excluding carboxylic acids is 1. The minimum absolute atomic E-state index is 0.00305. The first-order valence-corrected chi connectivity index (χ1v) is 9.13. The first-order valence-electron chi connectivity index (χ1n) is 8.25. The molecule has 0 saturated heterocycles. The van der Waals surface area contributed by atoms with Gasteiger partial charge in [0.2, 0.25) is 5.91 Å². The number of rotatable bonds is 4. The summed E-state index contributed by atoms with van der Waals surface area (Å²) in [6.45, 7) is 0. The van der Waals surface area contributed by atoms with Crippen LogP contribution >= 0.6 is 11.3 Å². The molecular weight excluding hydrogens is 318 g/mol. The monoisotopic (exact) mass is 337 g/mol. The molecule has 0 bridgehead atoms. The van der Waals surface area contributed by atoms with Crippen molar-refractivity contribution >= 4 is 23.1 Å². The van der Waals surface area contributed by atoms with E-state index in [0.29, 0.717) is 6.42 Å². The second kappa shape index (κ2) is 6.61. The molecule has 0 aliphatic heterocycles. The standard InChI is InChI=1S/C19H19N3OS/c23-19(13-15-7-4-12-24-15)21-18-10-11-20-22(18)17-9-3-6-14-5-1-2-8-16(14)17/h1-2,4-5,7-8,10-12,17H,3,6,9,13H2,(H,21,23)/t17-/m0/s1. The normalized spacial score (nSPS) is 16.6. The molecule has 1 amide bonds. The van der Waals surface area contributed by atoms with Gasteiger partial charge in [-0.15, -0.1) is 11.3 Å². The Kier molecular flexibility index (Phi) is 4.17. The Balaban J connectivity index is 1.56. The molecule has 0 saturated carbocycles. The molecule has 4 rings (SSSR count). The van der Waals surface area contributed by atoms with Crippen LogP contribution in [0, 0.1) is 0 Å². The highest BCUT2D eigenvalue weighted by molar-refractivity contribution is 7.10. The summed E-state index contributed by atoms with van der Waals surface area (Å²) in [6, 6.07) is 14.6. The first kappa shape index (κ1) is 15.1. The van der Waals surface area contributed by atoms with E-state index in [-0.39, 0.29) is 11.9 Å². The molecule has 5 heteroatoms. The third-order valence-electron chi connectivity index (χ3n) is 4.49. The molecule has 1 N–H and O–H groups in total. The van der Waals surface area contributed by atoms with Crippen molar-refractivity contribution in [2.45, 2.75) is 31.7 Å². The average molecular weight is 337 g/mol. The van der Waals surface area contributed by atoms with Crippen LogP contribution in [-0.4, -0.2) is 15.7 Å². The molecule has 3 aromatic rings. The van der Waals surface area contributed by atoms with Gasteiger partial charge < -0.3 is 5.32 Å². The van der Waals surface area contributed by atoms with Gasteiger partial charge in [0.15, 0.2) is 0 Å². The van der Waals surface area contributed by atoms with E-state index in [4.69, 9.17) is 0 Å². The minimum Gasteiger partial charge on any atom is -0.311 e. The Hall–Kier alpha value is -2.40. The zero-order valence-corrected chi connectivity index (χ0v) is 14.1. The van der Waals surface area contributed by atoms with E-state index in [0.717, 1.165) is 30.0 Å². The molecule has 24 heavy (non-hydrogen) atoms. The second-order valence-electron chi connectivity index (χ2n) is 6.07. The Morgan fingerprint density at radius 2 is 2.17 bits per heavy atom. The van der Waals surface area contributed by atoms with Crippen LogP contribution < -0.4 is 5.32 Å². The predicted molar refractivity (Wildman–Crippen MR) is 96.4 cm³/mol. The van der Waals surface area contributed by atoms with Crippen LogP contribution in [0.5, 0.6) is 0 Å². The van der Waals surface area contributed by atoms with Crippen LogP contribution in [0.2, 0.25) is 0 Å². The van der Waals surface area contributed by atoms with Crippen LogP contribution in [0.1, 0.15) is 34.9 Å². The van der Waals surface area contributed by atoms with Crippen molar-refractivity contribution in [3.8, 4) is 0 Å². The number of carbonyl (C=O) groups is 1. The van der Waals surface area contributed by atoms with Gasteiger partial charge >= 0.3 is 0 Å². The summed E-state index contributed by atoms with van der Waals surface area (Å²) < 4.78 is 1.96. The van der Waals surface area contributed by atoms with E-state index in [1.54, 1.807) is 17.5 Å². The summed E-state index contributed by atoms with van der Waals surface area (Å²) in [4.78, 5) is 13.4. The summed E-state index contributed by atoms with van der Waals surface area (Å²) in [5.74, 6) is 0.779. The largest absolute Gasteiger partial charge is 0.311 e. The van der Waals surface area contributed by atoms with Crippen molar-refractivity contribution in [1.29, 1.82) is 0 Å². The molecule has 4 nitrogen and oxygen atoms in total. The number of anilines is 1. The minimum atomic E-state index is 0.00305. The number of fused-ring (bicyclic) bond motifs is 1. The number of nitrogens with zero attached hydrogens (tertiary/aromatic N) is 2. The summed E-state index contributed by atoms with van der Waals surface area (Å²) in [6.07, 6.45) is 5.48.